The molecule has 11 nitrogen and oxygen atoms in total. The number of rotatable bonds is 5. The predicted octanol–water partition coefficient (Wildman–Crippen LogP) is 3.73. The maximum Gasteiger partial charge on any atom is 0.431 e. The molecule has 4 aliphatic heterocycles. The van der Waals surface area contributed by atoms with E-state index in [1.807, 2.05) is 66.6 Å². The molecule has 0 aromatic rings. The van der Waals surface area contributed by atoms with E-state index in [1.165, 1.54) is 5.01 Å². The van der Waals surface area contributed by atoms with E-state index in [4.69, 9.17) is 28.8 Å². The standard InChI is InChI=1S/C31H51N3O8/c1-12-22-31(8)25-20(6)23(32-34(25)29(37)42-31)18(4)15-30(7,38-11)26(16(2)13-17(3)27(36)40-22)41-28-24(35)21(33(9)10)14-19(5)39-28/h13,16,18-22,24-26,28,35H,12,14-15H2,1-11H3/b17-13+/t16-,18+,19+,20-,21-,22+,24+,25+,26+,28-,30+,31+/m0/s1. The fourth-order valence-electron chi connectivity index (χ4n) is 7.67. The van der Waals surface area contributed by atoms with Gasteiger partial charge in [0.15, 0.2) is 11.9 Å². The number of amides is 1. The highest BCUT2D eigenvalue weighted by atomic mass is 16.7. The Morgan fingerprint density at radius 2 is 1.86 bits per heavy atom. The van der Waals surface area contributed by atoms with Gasteiger partial charge < -0.3 is 33.7 Å². The Balaban J connectivity index is 1.78. The van der Waals surface area contributed by atoms with E-state index in [0.29, 0.717) is 24.8 Å². The van der Waals surface area contributed by atoms with Gasteiger partial charge in [-0.25, -0.2) is 9.59 Å². The van der Waals surface area contributed by atoms with Crippen LogP contribution in [0.3, 0.4) is 0 Å². The van der Waals surface area contributed by atoms with Crippen molar-refractivity contribution in [2.24, 2.45) is 22.9 Å². The second-order valence-corrected chi connectivity index (χ2v) is 13.4. The van der Waals surface area contributed by atoms with Crippen LogP contribution in [0.4, 0.5) is 4.79 Å². The summed E-state index contributed by atoms with van der Waals surface area (Å²) in [6.07, 6.45) is -0.233. The highest BCUT2D eigenvalue weighted by molar-refractivity contribution is 5.94. The summed E-state index contributed by atoms with van der Waals surface area (Å²) in [6, 6.07) is -0.558. The van der Waals surface area contributed by atoms with Gasteiger partial charge in [0.1, 0.15) is 18.2 Å². The van der Waals surface area contributed by atoms with Crippen molar-refractivity contribution in [2.45, 2.75) is 129 Å². The number of fused-ring (bicyclic) bond motifs is 1. The van der Waals surface area contributed by atoms with E-state index < -0.39 is 53.9 Å². The normalized spacial score (nSPS) is 46.1. The number of carbonyl (C=O) groups is 2. The molecule has 4 aliphatic rings. The quantitative estimate of drug-likeness (QED) is 0.476. The second-order valence-electron chi connectivity index (χ2n) is 13.4. The van der Waals surface area contributed by atoms with Crippen LogP contribution in [-0.4, -0.2) is 108 Å². The van der Waals surface area contributed by atoms with Gasteiger partial charge in [-0.3, -0.25) is 0 Å². The molecule has 0 spiro atoms. The first-order chi connectivity index (χ1) is 19.6. The molecule has 4 rings (SSSR count). The lowest BCUT2D eigenvalue weighted by atomic mass is 9.75. The van der Waals surface area contributed by atoms with Crippen molar-refractivity contribution < 1.29 is 38.4 Å². The van der Waals surface area contributed by atoms with Crippen molar-refractivity contribution in [3.63, 3.8) is 0 Å². The first-order valence-corrected chi connectivity index (χ1v) is 15.3. The molecule has 1 amide bonds. The first-order valence-electron chi connectivity index (χ1n) is 15.3. The molecule has 0 unspecified atom stereocenters. The third kappa shape index (κ3) is 5.75. The monoisotopic (exact) mass is 593 g/mol. The van der Waals surface area contributed by atoms with Gasteiger partial charge in [0, 0.05) is 36.3 Å². The lowest BCUT2D eigenvalue weighted by molar-refractivity contribution is -0.294. The van der Waals surface area contributed by atoms with Crippen LogP contribution < -0.4 is 0 Å². The van der Waals surface area contributed by atoms with Gasteiger partial charge in [0.25, 0.3) is 0 Å². The number of likely N-dealkylation sites (N-methyl/N-ethyl adjacent to an activating group) is 1. The van der Waals surface area contributed by atoms with Crippen molar-refractivity contribution in [2.75, 3.05) is 21.2 Å². The number of aliphatic hydroxyl groups excluding tert-OH is 1. The molecule has 4 heterocycles. The molecule has 1 N–H and O–H groups in total. The maximum atomic E-state index is 13.5. The minimum atomic E-state index is -1.06. The van der Waals surface area contributed by atoms with Gasteiger partial charge in [-0.2, -0.15) is 10.1 Å². The number of hydrogen-bond acceptors (Lipinski definition) is 10. The van der Waals surface area contributed by atoms with Crippen LogP contribution in [0.1, 0.15) is 74.7 Å². The van der Waals surface area contributed by atoms with E-state index in [9.17, 15) is 14.7 Å². The average Bonchev–Trinajstić information content (AvgIpc) is 3.40. The molecular formula is C31H51N3O8. The van der Waals surface area contributed by atoms with E-state index in [-0.39, 0.29) is 29.9 Å². The van der Waals surface area contributed by atoms with Crippen LogP contribution in [0.5, 0.6) is 0 Å². The molecule has 238 valence electrons. The predicted molar refractivity (Wildman–Crippen MR) is 157 cm³/mol. The molecule has 11 heteroatoms. The van der Waals surface area contributed by atoms with E-state index in [1.54, 1.807) is 14.0 Å². The topological polar surface area (TPSA) is 119 Å². The SMILES string of the molecule is CC[C@H]1OC(=O)/C(C)=C/[C@H](C)[C@@H](O[C@@H]2O[C@H](C)C[C@H](N(C)C)[C@H]2O)[C@](C)(OC)C[C@@H](C)C2=NN3C(=O)O[C@@]1(C)[C@H]3[C@H]2C. The van der Waals surface area contributed by atoms with Crippen molar-refractivity contribution in [3.8, 4) is 0 Å². The molecule has 2 saturated heterocycles. The summed E-state index contributed by atoms with van der Waals surface area (Å²) in [4.78, 5) is 28.5. The van der Waals surface area contributed by atoms with Gasteiger partial charge in [-0.1, -0.05) is 33.8 Å². The molecule has 0 aromatic heterocycles. The lowest BCUT2D eigenvalue weighted by Crippen LogP contribution is -2.58. The Bertz CT molecular complexity index is 1100. The zero-order valence-electron chi connectivity index (χ0n) is 27.1. The molecule has 2 bridgehead atoms. The van der Waals surface area contributed by atoms with Crippen LogP contribution in [0.15, 0.2) is 16.8 Å². The van der Waals surface area contributed by atoms with Gasteiger partial charge in [0.2, 0.25) is 0 Å². The zero-order valence-corrected chi connectivity index (χ0v) is 27.1. The average molecular weight is 594 g/mol. The van der Waals surface area contributed by atoms with E-state index >= 15 is 0 Å². The van der Waals surface area contributed by atoms with Crippen LogP contribution in [-0.2, 0) is 28.5 Å². The highest BCUT2D eigenvalue weighted by Gasteiger charge is 2.62. The molecule has 0 radical (unpaired) electrons. The fourth-order valence-corrected chi connectivity index (χ4v) is 7.67. The maximum absolute atomic E-state index is 13.5. The third-order valence-corrected chi connectivity index (χ3v) is 9.92. The third-order valence-electron chi connectivity index (χ3n) is 9.92. The molecular weight excluding hydrogens is 542 g/mol. The number of methoxy groups -OCH3 is 1. The number of cyclic esters (lactones) is 1. The largest absolute Gasteiger partial charge is 0.455 e. The Morgan fingerprint density at radius 3 is 2.45 bits per heavy atom. The molecule has 0 aromatic carbocycles. The summed E-state index contributed by atoms with van der Waals surface area (Å²) >= 11 is 0. The molecule has 42 heavy (non-hydrogen) atoms. The Morgan fingerprint density at radius 1 is 1.19 bits per heavy atom. The van der Waals surface area contributed by atoms with Crippen molar-refractivity contribution in [3.05, 3.63) is 11.6 Å². The van der Waals surface area contributed by atoms with E-state index in [0.717, 1.165) is 5.71 Å². The van der Waals surface area contributed by atoms with Crippen molar-refractivity contribution >= 4 is 17.8 Å². The van der Waals surface area contributed by atoms with Gasteiger partial charge in [-0.15, -0.1) is 0 Å². The summed E-state index contributed by atoms with van der Waals surface area (Å²) in [5.74, 6) is -1.05. The Labute approximate surface area is 250 Å². The van der Waals surface area contributed by atoms with Crippen LogP contribution in [0.25, 0.3) is 0 Å². The minimum absolute atomic E-state index is 0.0906. The van der Waals surface area contributed by atoms with Crippen LogP contribution in [0, 0.1) is 17.8 Å². The number of hydrogen-bond donors (Lipinski definition) is 1. The minimum Gasteiger partial charge on any atom is -0.455 e. The number of ether oxygens (including phenoxy) is 5. The van der Waals surface area contributed by atoms with Gasteiger partial charge in [0.05, 0.1) is 17.8 Å². The molecule has 0 aliphatic carbocycles. The first kappa shape index (κ1) is 32.9. The van der Waals surface area contributed by atoms with Crippen LogP contribution >= 0.6 is 0 Å². The molecule has 12 atom stereocenters. The Kier molecular flexibility index (Phi) is 9.50. The summed E-state index contributed by atoms with van der Waals surface area (Å²) in [6.45, 7) is 15.5. The number of hydrazone groups is 1. The number of aliphatic hydroxyl groups is 1. The smallest absolute Gasteiger partial charge is 0.431 e. The van der Waals surface area contributed by atoms with Gasteiger partial charge in [-0.05, 0) is 67.0 Å². The van der Waals surface area contributed by atoms with Gasteiger partial charge >= 0.3 is 12.1 Å². The van der Waals surface area contributed by atoms with Crippen molar-refractivity contribution in [1.82, 2.24) is 9.91 Å². The summed E-state index contributed by atoms with van der Waals surface area (Å²) in [5.41, 5.74) is -0.681. The Hall–Kier alpha value is -2.05. The summed E-state index contributed by atoms with van der Waals surface area (Å²) in [5, 5.41) is 17.5. The summed E-state index contributed by atoms with van der Waals surface area (Å²) in [7, 11) is 5.52. The van der Waals surface area contributed by atoms with E-state index in [2.05, 4.69) is 6.92 Å². The fraction of sp³-hybridized carbons (Fsp3) is 0.839. The number of esters is 1. The van der Waals surface area contributed by atoms with Crippen LogP contribution in [0.2, 0.25) is 0 Å². The van der Waals surface area contributed by atoms with Crippen molar-refractivity contribution in [1.29, 1.82) is 0 Å². The number of carbonyl (C=O) groups excluding carboxylic acids is 2. The lowest BCUT2D eigenvalue weighted by Gasteiger charge is -2.46. The zero-order chi connectivity index (χ0) is 31.3. The number of nitrogens with zero attached hydrogens (tertiary/aromatic N) is 3. The molecule has 2 fully saturated rings. The highest BCUT2D eigenvalue weighted by Crippen LogP contribution is 2.46. The summed E-state index contributed by atoms with van der Waals surface area (Å²) < 4.78 is 31.0. The molecule has 0 saturated carbocycles. The second kappa shape index (κ2) is 12.1.